The molecule has 7 heteroatoms. The summed E-state index contributed by atoms with van der Waals surface area (Å²) in [6.07, 6.45) is 0. The van der Waals surface area contributed by atoms with Crippen molar-refractivity contribution in [1.29, 1.82) is 0 Å². The van der Waals surface area contributed by atoms with Gasteiger partial charge in [-0.05, 0) is 13.0 Å². The van der Waals surface area contributed by atoms with Crippen molar-refractivity contribution >= 4 is 28.8 Å². The summed E-state index contributed by atoms with van der Waals surface area (Å²) in [6.45, 7) is 2.95. The van der Waals surface area contributed by atoms with Crippen molar-refractivity contribution in [3.05, 3.63) is 15.8 Å². The first-order valence-electron chi connectivity index (χ1n) is 6.00. The Hall–Kier alpha value is -1.60. The Balaban J connectivity index is 2.22. The number of likely N-dealkylation sites (N-methyl/N-ethyl adjacent to an activating group) is 1. The molecule has 0 spiro atoms. The molecule has 1 atom stereocenters. The SMILES string of the molecule is CNC(=O)C1COCCN1C(=O)c1cc(N)c(C)s1. The van der Waals surface area contributed by atoms with Crippen LogP contribution in [0.3, 0.4) is 0 Å². The number of hydrogen-bond acceptors (Lipinski definition) is 5. The molecular formula is C12H17N3O3S. The summed E-state index contributed by atoms with van der Waals surface area (Å²) in [5, 5.41) is 2.55. The Morgan fingerprint density at radius 2 is 2.32 bits per heavy atom. The molecule has 0 radical (unpaired) electrons. The van der Waals surface area contributed by atoms with Crippen molar-refractivity contribution in [3.63, 3.8) is 0 Å². The van der Waals surface area contributed by atoms with Gasteiger partial charge in [0.2, 0.25) is 5.91 Å². The standard InChI is InChI=1S/C12H17N3O3S/c1-7-8(13)5-10(19-7)12(17)15-3-4-18-6-9(15)11(16)14-2/h5,9H,3-4,6,13H2,1-2H3,(H,14,16). The van der Waals surface area contributed by atoms with Gasteiger partial charge in [0.25, 0.3) is 5.91 Å². The molecule has 104 valence electrons. The number of nitrogens with two attached hydrogens (primary N) is 1. The number of morpholine rings is 1. The van der Waals surface area contributed by atoms with Gasteiger partial charge in [0.15, 0.2) is 0 Å². The summed E-state index contributed by atoms with van der Waals surface area (Å²) in [6, 6.07) is 1.09. The van der Waals surface area contributed by atoms with Crippen LogP contribution in [0, 0.1) is 6.92 Å². The number of rotatable bonds is 2. The van der Waals surface area contributed by atoms with E-state index in [1.165, 1.54) is 11.3 Å². The molecule has 1 aromatic heterocycles. The van der Waals surface area contributed by atoms with E-state index >= 15 is 0 Å². The van der Waals surface area contributed by atoms with Crippen LogP contribution in [-0.4, -0.2) is 49.6 Å². The third kappa shape index (κ3) is 2.71. The number of nitrogens with zero attached hydrogens (tertiary/aromatic N) is 1. The van der Waals surface area contributed by atoms with Crippen molar-refractivity contribution in [1.82, 2.24) is 10.2 Å². The smallest absolute Gasteiger partial charge is 0.264 e. The normalized spacial score (nSPS) is 19.3. The number of aryl methyl sites for hydroxylation is 1. The number of amides is 2. The molecule has 0 bridgehead atoms. The van der Waals surface area contributed by atoms with E-state index in [-0.39, 0.29) is 18.4 Å². The molecule has 0 aromatic carbocycles. The monoisotopic (exact) mass is 283 g/mol. The van der Waals surface area contributed by atoms with Crippen molar-refractivity contribution < 1.29 is 14.3 Å². The van der Waals surface area contributed by atoms with Gasteiger partial charge in [0.1, 0.15) is 6.04 Å². The first-order chi connectivity index (χ1) is 9.04. The molecule has 1 aliphatic rings. The van der Waals surface area contributed by atoms with E-state index in [0.717, 1.165) is 4.88 Å². The maximum absolute atomic E-state index is 12.4. The molecule has 1 aliphatic heterocycles. The van der Waals surface area contributed by atoms with E-state index in [2.05, 4.69) is 5.32 Å². The Labute approximate surface area is 115 Å². The third-order valence-corrected chi connectivity index (χ3v) is 4.16. The largest absolute Gasteiger partial charge is 0.398 e. The first kappa shape index (κ1) is 13.8. The molecule has 2 amide bonds. The van der Waals surface area contributed by atoms with Gasteiger partial charge in [-0.15, -0.1) is 11.3 Å². The average molecular weight is 283 g/mol. The fourth-order valence-corrected chi connectivity index (χ4v) is 2.87. The van der Waals surface area contributed by atoms with Crippen LogP contribution in [0.4, 0.5) is 5.69 Å². The number of hydrogen-bond donors (Lipinski definition) is 2. The van der Waals surface area contributed by atoms with Gasteiger partial charge in [-0.1, -0.05) is 0 Å². The summed E-state index contributed by atoms with van der Waals surface area (Å²) < 4.78 is 5.27. The predicted molar refractivity (Wildman–Crippen MR) is 73.2 cm³/mol. The second-order valence-corrected chi connectivity index (χ2v) is 5.58. The second-order valence-electron chi connectivity index (χ2n) is 4.33. The van der Waals surface area contributed by atoms with Crippen LogP contribution in [0.1, 0.15) is 14.5 Å². The predicted octanol–water partition coefficient (Wildman–Crippen LogP) is 0.226. The molecule has 3 N–H and O–H groups in total. The summed E-state index contributed by atoms with van der Waals surface area (Å²) >= 11 is 1.35. The minimum Gasteiger partial charge on any atom is -0.398 e. The summed E-state index contributed by atoms with van der Waals surface area (Å²) in [5.74, 6) is -0.379. The Kier molecular flexibility index (Phi) is 4.06. The van der Waals surface area contributed by atoms with E-state index in [4.69, 9.17) is 10.5 Å². The molecule has 1 fully saturated rings. The first-order valence-corrected chi connectivity index (χ1v) is 6.82. The zero-order valence-electron chi connectivity index (χ0n) is 10.9. The van der Waals surface area contributed by atoms with Crippen molar-refractivity contribution in [2.75, 3.05) is 32.5 Å². The Bertz CT molecular complexity index is 481. The highest BCUT2D eigenvalue weighted by Crippen LogP contribution is 2.25. The fourth-order valence-electron chi connectivity index (χ4n) is 1.97. The fraction of sp³-hybridized carbons (Fsp3) is 0.500. The molecule has 0 aliphatic carbocycles. The zero-order valence-corrected chi connectivity index (χ0v) is 11.8. The number of ether oxygens (including phenoxy) is 1. The van der Waals surface area contributed by atoms with Crippen LogP contribution in [-0.2, 0) is 9.53 Å². The topological polar surface area (TPSA) is 84.7 Å². The van der Waals surface area contributed by atoms with Gasteiger partial charge in [-0.3, -0.25) is 9.59 Å². The lowest BCUT2D eigenvalue weighted by Crippen LogP contribution is -2.55. The number of anilines is 1. The highest BCUT2D eigenvalue weighted by molar-refractivity contribution is 7.14. The number of nitrogen functional groups attached to an aromatic ring is 1. The molecule has 6 nitrogen and oxygen atoms in total. The van der Waals surface area contributed by atoms with E-state index < -0.39 is 6.04 Å². The van der Waals surface area contributed by atoms with Crippen molar-refractivity contribution in [2.45, 2.75) is 13.0 Å². The molecular weight excluding hydrogens is 266 g/mol. The van der Waals surface area contributed by atoms with E-state index in [1.54, 1.807) is 18.0 Å². The number of thiophene rings is 1. The quantitative estimate of drug-likeness (QED) is 0.813. The van der Waals surface area contributed by atoms with Crippen LogP contribution >= 0.6 is 11.3 Å². The van der Waals surface area contributed by atoms with E-state index in [0.29, 0.717) is 23.7 Å². The Morgan fingerprint density at radius 3 is 2.89 bits per heavy atom. The van der Waals surface area contributed by atoms with E-state index in [9.17, 15) is 9.59 Å². The average Bonchev–Trinajstić information content (AvgIpc) is 2.77. The molecule has 1 aromatic rings. The summed E-state index contributed by atoms with van der Waals surface area (Å²) in [7, 11) is 1.55. The lowest BCUT2D eigenvalue weighted by molar-refractivity contribution is -0.130. The molecule has 0 saturated carbocycles. The minimum absolute atomic E-state index is 0.165. The Morgan fingerprint density at radius 1 is 1.58 bits per heavy atom. The van der Waals surface area contributed by atoms with Gasteiger partial charge >= 0.3 is 0 Å². The number of carbonyl (C=O) groups is 2. The lowest BCUT2D eigenvalue weighted by atomic mass is 10.2. The molecule has 1 saturated heterocycles. The maximum Gasteiger partial charge on any atom is 0.264 e. The lowest BCUT2D eigenvalue weighted by Gasteiger charge is -2.33. The van der Waals surface area contributed by atoms with Crippen molar-refractivity contribution in [2.24, 2.45) is 0 Å². The van der Waals surface area contributed by atoms with Gasteiger partial charge in [0.05, 0.1) is 18.1 Å². The van der Waals surface area contributed by atoms with Crippen LogP contribution in [0.5, 0.6) is 0 Å². The second kappa shape index (κ2) is 5.58. The van der Waals surface area contributed by atoms with Crippen LogP contribution in [0.25, 0.3) is 0 Å². The van der Waals surface area contributed by atoms with E-state index in [1.807, 2.05) is 6.92 Å². The summed E-state index contributed by atoms with van der Waals surface area (Å²) in [5.41, 5.74) is 6.37. The highest BCUT2D eigenvalue weighted by atomic mass is 32.1. The molecule has 2 heterocycles. The van der Waals surface area contributed by atoms with Gasteiger partial charge in [-0.25, -0.2) is 0 Å². The molecule has 19 heavy (non-hydrogen) atoms. The summed E-state index contributed by atoms with van der Waals surface area (Å²) in [4.78, 5) is 27.2. The van der Waals surface area contributed by atoms with Gasteiger partial charge in [0, 0.05) is 24.2 Å². The number of nitrogens with one attached hydrogen (secondary N) is 1. The molecule has 2 rings (SSSR count). The maximum atomic E-state index is 12.4. The van der Waals surface area contributed by atoms with Gasteiger partial charge in [-0.2, -0.15) is 0 Å². The van der Waals surface area contributed by atoms with Crippen LogP contribution in [0.15, 0.2) is 6.07 Å². The van der Waals surface area contributed by atoms with Gasteiger partial charge < -0.3 is 20.7 Å². The zero-order chi connectivity index (χ0) is 14.0. The van der Waals surface area contributed by atoms with Crippen LogP contribution < -0.4 is 11.1 Å². The highest BCUT2D eigenvalue weighted by Gasteiger charge is 2.33. The third-order valence-electron chi connectivity index (χ3n) is 3.11. The minimum atomic E-state index is -0.574. The van der Waals surface area contributed by atoms with Crippen LogP contribution in [0.2, 0.25) is 0 Å². The van der Waals surface area contributed by atoms with Crippen molar-refractivity contribution in [3.8, 4) is 0 Å². The number of carbonyl (C=O) groups excluding carboxylic acids is 2. The molecule has 1 unspecified atom stereocenters.